The summed E-state index contributed by atoms with van der Waals surface area (Å²) in [5, 5.41) is 7.99. The van der Waals surface area contributed by atoms with Gasteiger partial charge in [0.1, 0.15) is 0 Å². The normalized spacial score (nSPS) is 25.7. The van der Waals surface area contributed by atoms with Crippen molar-refractivity contribution in [2.75, 3.05) is 13.1 Å². The lowest BCUT2D eigenvalue weighted by molar-refractivity contribution is 0.0526. The summed E-state index contributed by atoms with van der Waals surface area (Å²) in [6.45, 7) is 15.5. The van der Waals surface area contributed by atoms with E-state index in [2.05, 4.69) is 56.1 Å². The van der Waals surface area contributed by atoms with Crippen LogP contribution in [-0.4, -0.2) is 39.9 Å². The van der Waals surface area contributed by atoms with Gasteiger partial charge in [0.05, 0.1) is 6.20 Å². The first-order valence-electron chi connectivity index (χ1n) is 7.39. The minimum Gasteiger partial charge on any atom is -0.311 e. The first-order valence-corrected chi connectivity index (χ1v) is 7.39. The van der Waals surface area contributed by atoms with E-state index in [1.165, 1.54) is 5.56 Å². The molecule has 0 amide bonds. The minimum absolute atomic E-state index is 0.299. The maximum absolute atomic E-state index is 4.38. The largest absolute Gasteiger partial charge is 0.311 e. The average molecular weight is 264 g/mol. The molecule has 0 aromatic carbocycles. The fourth-order valence-electron chi connectivity index (χ4n) is 2.91. The van der Waals surface area contributed by atoms with E-state index in [0.29, 0.717) is 17.5 Å². The summed E-state index contributed by atoms with van der Waals surface area (Å²) in [5.41, 5.74) is 1.62. The Morgan fingerprint density at radius 3 is 2.74 bits per heavy atom. The number of aromatic nitrogens is 2. The van der Waals surface area contributed by atoms with Crippen LogP contribution in [0.15, 0.2) is 12.4 Å². The summed E-state index contributed by atoms with van der Waals surface area (Å²) in [6.07, 6.45) is 4.18. The zero-order valence-corrected chi connectivity index (χ0v) is 13.0. The van der Waals surface area contributed by atoms with Crippen LogP contribution in [0.1, 0.15) is 40.2 Å². The molecule has 0 saturated carbocycles. The molecule has 0 bridgehead atoms. The van der Waals surface area contributed by atoms with Crippen LogP contribution in [0.4, 0.5) is 0 Å². The molecule has 4 nitrogen and oxygen atoms in total. The van der Waals surface area contributed by atoms with Gasteiger partial charge in [0.25, 0.3) is 0 Å². The van der Waals surface area contributed by atoms with Gasteiger partial charge < -0.3 is 5.32 Å². The first-order chi connectivity index (χ1) is 8.90. The summed E-state index contributed by atoms with van der Waals surface area (Å²) < 4.78 is 2.01. The van der Waals surface area contributed by atoms with Gasteiger partial charge in [-0.3, -0.25) is 9.58 Å². The third-order valence-corrected chi connectivity index (χ3v) is 4.00. The molecular weight excluding hydrogens is 236 g/mol. The highest BCUT2D eigenvalue weighted by molar-refractivity contribution is 5.05. The van der Waals surface area contributed by atoms with Crippen LogP contribution in [0.3, 0.4) is 0 Å². The highest BCUT2D eigenvalue weighted by atomic mass is 15.3. The SMILES string of the molecule is CCn1cc(CN2CC(C)NCC2C(C)(C)C)cn1. The van der Waals surface area contributed by atoms with E-state index in [-0.39, 0.29) is 0 Å². The molecule has 4 heteroatoms. The molecule has 0 aliphatic carbocycles. The molecule has 0 spiro atoms. The standard InChI is InChI=1S/C15H28N4/c1-6-19-11-13(7-17-19)10-18-9-12(2)16-8-14(18)15(3,4)5/h7,11-12,14,16H,6,8-10H2,1-5H3. The maximum atomic E-state index is 4.38. The number of aryl methyl sites for hydroxylation is 1. The number of nitrogens with one attached hydrogen (secondary N) is 1. The van der Waals surface area contributed by atoms with Crippen molar-refractivity contribution >= 4 is 0 Å². The quantitative estimate of drug-likeness (QED) is 0.908. The Hall–Kier alpha value is -0.870. The van der Waals surface area contributed by atoms with Gasteiger partial charge in [-0.25, -0.2) is 0 Å². The van der Waals surface area contributed by atoms with Crippen molar-refractivity contribution in [1.82, 2.24) is 20.0 Å². The van der Waals surface area contributed by atoms with Gasteiger partial charge in [-0.15, -0.1) is 0 Å². The predicted octanol–water partition coefficient (Wildman–Crippen LogP) is 2.11. The third-order valence-electron chi connectivity index (χ3n) is 4.00. The molecule has 1 saturated heterocycles. The van der Waals surface area contributed by atoms with Crippen LogP contribution in [0.25, 0.3) is 0 Å². The van der Waals surface area contributed by atoms with E-state index in [1.54, 1.807) is 0 Å². The minimum atomic E-state index is 0.299. The Balaban J connectivity index is 2.09. The van der Waals surface area contributed by atoms with Gasteiger partial charge in [-0.05, 0) is 19.3 Å². The second kappa shape index (κ2) is 5.63. The molecule has 2 heterocycles. The van der Waals surface area contributed by atoms with Crippen molar-refractivity contribution in [3.63, 3.8) is 0 Å². The fourth-order valence-corrected chi connectivity index (χ4v) is 2.91. The maximum Gasteiger partial charge on any atom is 0.0534 e. The predicted molar refractivity (Wildman–Crippen MR) is 79.0 cm³/mol. The van der Waals surface area contributed by atoms with Crippen LogP contribution in [0, 0.1) is 5.41 Å². The lowest BCUT2D eigenvalue weighted by Crippen LogP contribution is -2.59. The van der Waals surface area contributed by atoms with Gasteiger partial charge in [0, 0.05) is 50.0 Å². The smallest absolute Gasteiger partial charge is 0.0534 e. The monoisotopic (exact) mass is 264 g/mol. The van der Waals surface area contributed by atoms with E-state index < -0.39 is 0 Å². The lowest BCUT2D eigenvalue weighted by atomic mass is 9.84. The first kappa shape index (κ1) is 14.5. The Bertz CT molecular complexity index is 405. The van der Waals surface area contributed by atoms with Gasteiger partial charge in [-0.2, -0.15) is 5.10 Å². The Morgan fingerprint density at radius 1 is 1.42 bits per heavy atom. The highest BCUT2D eigenvalue weighted by Gasteiger charge is 2.34. The molecule has 1 fully saturated rings. The average Bonchev–Trinajstić information content (AvgIpc) is 2.75. The van der Waals surface area contributed by atoms with Crippen molar-refractivity contribution in [3.8, 4) is 0 Å². The molecule has 2 unspecified atom stereocenters. The Morgan fingerprint density at radius 2 is 2.16 bits per heavy atom. The lowest BCUT2D eigenvalue weighted by Gasteiger charge is -2.45. The molecule has 108 valence electrons. The Kier molecular flexibility index (Phi) is 4.31. The topological polar surface area (TPSA) is 33.1 Å². The molecule has 1 N–H and O–H groups in total. The molecule has 1 aliphatic rings. The summed E-state index contributed by atoms with van der Waals surface area (Å²) in [7, 11) is 0. The highest BCUT2D eigenvalue weighted by Crippen LogP contribution is 2.27. The van der Waals surface area contributed by atoms with E-state index in [0.717, 1.165) is 26.2 Å². The zero-order valence-electron chi connectivity index (χ0n) is 13.0. The molecule has 19 heavy (non-hydrogen) atoms. The van der Waals surface area contributed by atoms with Crippen LogP contribution in [0.5, 0.6) is 0 Å². The molecule has 0 radical (unpaired) electrons. The molecule has 2 rings (SSSR count). The van der Waals surface area contributed by atoms with E-state index in [9.17, 15) is 0 Å². The molecule has 1 aliphatic heterocycles. The summed E-state index contributed by atoms with van der Waals surface area (Å²) in [5.74, 6) is 0. The molecule has 1 aromatic heterocycles. The van der Waals surface area contributed by atoms with Crippen LogP contribution in [0.2, 0.25) is 0 Å². The van der Waals surface area contributed by atoms with E-state index in [4.69, 9.17) is 0 Å². The van der Waals surface area contributed by atoms with E-state index >= 15 is 0 Å². The van der Waals surface area contributed by atoms with Crippen molar-refractivity contribution in [2.45, 2.75) is 59.8 Å². The van der Waals surface area contributed by atoms with Crippen LogP contribution >= 0.6 is 0 Å². The van der Waals surface area contributed by atoms with Gasteiger partial charge in [0.2, 0.25) is 0 Å². The van der Waals surface area contributed by atoms with Gasteiger partial charge in [0.15, 0.2) is 0 Å². The second-order valence-corrected chi connectivity index (χ2v) is 6.82. The molecule has 2 atom stereocenters. The van der Waals surface area contributed by atoms with Crippen molar-refractivity contribution in [2.24, 2.45) is 5.41 Å². The summed E-state index contributed by atoms with van der Waals surface area (Å²) in [6, 6.07) is 1.15. The molecule has 1 aromatic rings. The van der Waals surface area contributed by atoms with Crippen LogP contribution in [-0.2, 0) is 13.1 Å². The Labute approximate surface area is 117 Å². The molecular formula is C15H28N4. The number of hydrogen-bond acceptors (Lipinski definition) is 3. The van der Waals surface area contributed by atoms with Crippen molar-refractivity contribution in [1.29, 1.82) is 0 Å². The number of nitrogens with zero attached hydrogens (tertiary/aromatic N) is 3. The second-order valence-electron chi connectivity index (χ2n) is 6.82. The van der Waals surface area contributed by atoms with E-state index in [1.807, 2.05) is 10.9 Å². The fraction of sp³-hybridized carbons (Fsp3) is 0.800. The van der Waals surface area contributed by atoms with Crippen molar-refractivity contribution in [3.05, 3.63) is 18.0 Å². The number of piperazine rings is 1. The van der Waals surface area contributed by atoms with Crippen LogP contribution < -0.4 is 5.32 Å². The zero-order chi connectivity index (χ0) is 14.0. The summed E-state index contributed by atoms with van der Waals surface area (Å²) in [4.78, 5) is 2.61. The summed E-state index contributed by atoms with van der Waals surface area (Å²) >= 11 is 0. The van der Waals surface area contributed by atoms with Crippen molar-refractivity contribution < 1.29 is 0 Å². The van der Waals surface area contributed by atoms with Gasteiger partial charge in [-0.1, -0.05) is 20.8 Å². The third kappa shape index (κ3) is 3.57. The van der Waals surface area contributed by atoms with Gasteiger partial charge >= 0.3 is 0 Å². The number of hydrogen-bond donors (Lipinski definition) is 1. The number of rotatable bonds is 3.